The topological polar surface area (TPSA) is 69.9 Å². The second-order valence-electron chi connectivity index (χ2n) is 2.77. The van der Waals surface area contributed by atoms with Gasteiger partial charge in [-0.15, -0.1) is 0 Å². The maximum absolute atomic E-state index is 9.18. The first-order chi connectivity index (χ1) is 4.52. The second-order valence-corrected chi connectivity index (χ2v) is 2.77. The number of hydrogen-bond donors (Lipinski definition) is 3. The van der Waals surface area contributed by atoms with Gasteiger partial charge in [0.1, 0.15) is 6.10 Å². The van der Waals surface area contributed by atoms with Crippen molar-refractivity contribution in [1.82, 2.24) is 0 Å². The Kier molecular flexibility index (Phi) is 1.96. The first-order valence-corrected chi connectivity index (χ1v) is 3.25. The monoisotopic (exact) mass is 148 g/mol. The van der Waals surface area contributed by atoms with Gasteiger partial charge < -0.3 is 20.1 Å². The molecule has 1 aliphatic rings. The Morgan fingerprint density at radius 3 is 2.50 bits per heavy atom. The van der Waals surface area contributed by atoms with Gasteiger partial charge in [-0.25, -0.2) is 0 Å². The van der Waals surface area contributed by atoms with Crippen LogP contribution in [0.15, 0.2) is 0 Å². The van der Waals surface area contributed by atoms with Crippen molar-refractivity contribution in [3.05, 3.63) is 0 Å². The van der Waals surface area contributed by atoms with E-state index in [9.17, 15) is 5.11 Å². The third-order valence-electron chi connectivity index (χ3n) is 1.68. The Balaban J connectivity index is 2.52. The van der Waals surface area contributed by atoms with Crippen LogP contribution in [-0.4, -0.2) is 39.9 Å². The van der Waals surface area contributed by atoms with Gasteiger partial charge in [0.2, 0.25) is 0 Å². The maximum Gasteiger partial charge on any atom is 0.189 e. The lowest BCUT2D eigenvalue weighted by molar-refractivity contribution is -0.282. The molecule has 1 heterocycles. The molecule has 1 fully saturated rings. The molecule has 1 aliphatic heterocycles. The largest absolute Gasteiger partial charge is 0.391 e. The molecule has 3 N–H and O–H groups in total. The minimum absolute atomic E-state index is 0.0874. The number of rotatable bonds is 0. The van der Waals surface area contributed by atoms with E-state index in [4.69, 9.17) is 14.9 Å². The van der Waals surface area contributed by atoms with E-state index < -0.39 is 18.0 Å². The minimum atomic E-state index is -1.49. The highest BCUT2D eigenvalue weighted by atomic mass is 16.6. The fraction of sp³-hybridized carbons (Fsp3) is 1.00. The highest BCUT2D eigenvalue weighted by Crippen LogP contribution is 2.21. The lowest BCUT2D eigenvalue weighted by Crippen LogP contribution is -2.50. The van der Waals surface area contributed by atoms with Gasteiger partial charge in [0.05, 0.1) is 12.7 Å². The average molecular weight is 148 g/mol. The molecular weight excluding hydrogens is 136 g/mol. The molecule has 0 amide bonds. The van der Waals surface area contributed by atoms with Crippen molar-refractivity contribution in [1.29, 1.82) is 0 Å². The van der Waals surface area contributed by atoms with Crippen LogP contribution < -0.4 is 0 Å². The summed E-state index contributed by atoms with van der Waals surface area (Å²) >= 11 is 0. The van der Waals surface area contributed by atoms with E-state index >= 15 is 0 Å². The van der Waals surface area contributed by atoms with Crippen LogP contribution in [-0.2, 0) is 4.74 Å². The van der Waals surface area contributed by atoms with Gasteiger partial charge in [0, 0.05) is 6.42 Å². The van der Waals surface area contributed by atoms with Crippen LogP contribution in [0.2, 0.25) is 0 Å². The van der Waals surface area contributed by atoms with Gasteiger partial charge >= 0.3 is 0 Å². The smallest absolute Gasteiger partial charge is 0.189 e. The highest BCUT2D eigenvalue weighted by molar-refractivity contribution is 4.80. The average Bonchev–Trinajstić information content (AvgIpc) is 1.81. The zero-order valence-corrected chi connectivity index (χ0v) is 5.82. The summed E-state index contributed by atoms with van der Waals surface area (Å²) in [6.45, 7) is 1.47. The molecule has 0 aromatic rings. The summed E-state index contributed by atoms with van der Waals surface area (Å²) in [4.78, 5) is 0. The third-order valence-corrected chi connectivity index (χ3v) is 1.68. The van der Waals surface area contributed by atoms with Crippen molar-refractivity contribution < 1.29 is 20.1 Å². The Morgan fingerprint density at radius 1 is 1.50 bits per heavy atom. The second kappa shape index (κ2) is 2.47. The predicted octanol–water partition coefficient (Wildman–Crippen LogP) is -1.16. The van der Waals surface area contributed by atoms with Crippen LogP contribution in [0.25, 0.3) is 0 Å². The predicted molar refractivity (Wildman–Crippen MR) is 33.2 cm³/mol. The SMILES string of the molecule is C[C@@]1(O)OC[C@@H](O)C[C@@H]1O. The summed E-state index contributed by atoms with van der Waals surface area (Å²) in [6.07, 6.45) is -1.47. The van der Waals surface area contributed by atoms with Gasteiger partial charge in [-0.3, -0.25) is 0 Å². The van der Waals surface area contributed by atoms with E-state index in [2.05, 4.69) is 0 Å². The molecule has 10 heavy (non-hydrogen) atoms. The minimum Gasteiger partial charge on any atom is -0.391 e. The first-order valence-electron chi connectivity index (χ1n) is 3.25. The van der Waals surface area contributed by atoms with E-state index in [-0.39, 0.29) is 13.0 Å². The number of aliphatic hydroxyl groups is 3. The first kappa shape index (κ1) is 7.94. The molecule has 0 aromatic carbocycles. The summed E-state index contributed by atoms with van der Waals surface area (Å²) in [5.41, 5.74) is 0. The van der Waals surface area contributed by atoms with Gasteiger partial charge in [-0.2, -0.15) is 0 Å². The molecular formula is C6H12O4. The molecule has 0 saturated carbocycles. The standard InChI is InChI=1S/C6H12O4/c1-6(9)5(8)2-4(7)3-10-6/h4-5,7-9H,2-3H2,1H3/t4-,5-,6+/m0/s1. The van der Waals surface area contributed by atoms with E-state index in [1.807, 2.05) is 0 Å². The number of aliphatic hydroxyl groups excluding tert-OH is 2. The fourth-order valence-corrected chi connectivity index (χ4v) is 0.906. The van der Waals surface area contributed by atoms with Crippen molar-refractivity contribution in [2.24, 2.45) is 0 Å². The molecule has 3 atom stereocenters. The summed E-state index contributed by atoms with van der Waals surface area (Å²) < 4.78 is 4.75. The van der Waals surface area contributed by atoms with E-state index in [0.717, 1.165) is 0 Å². The van der Waals surface area contributed by atoms with Crippen molar-refractivity contribution in [2.45, 2.75) is 31.3 Å². The number of ether oxygens (including phenoxy) is 1. The van der Waals surface area contributed by atoms with Crippen molar-refractivity contribution in [2.75, 3.05) is 6.61 Å². The molecule has 1 rings (SSSR count). The van der Waals surface area contributed by atoms with Crippen molar-refractivity contribution in [3.63, 3.8) is 0 Å². The highest BCUT2D eigenvalue weighted by Gasteiger charge is 2.37. The van der Waals surface area contributed by atoms with Crippen molar-refractivity contribution >= 4 is 0 Å². The van der Waals surface area contributed by atoms with E-state index in [0.29, 0.717) is 0 Å². The molecule has 60 valence electrons. The van der Waals surface area contributed by atoms with E-state index in [1.165, 1.54) is 6.92 Å². The molecule has 0 spiro atoms. The van der Waals surface area contributed by atoms with Gasteiger partial charge in [0.25, 0.3) is 0 Å². The Labute approximate surface area is 59.1 Å². The Morgan fingerprint density at radius 2 is 2.10 bits per heavy atom. The van der Waals surface area contributed by atoms with Crippen LogP contribution in [0, 0.1) is 0 Å². The van der Waals surface area contributed by atoms with Crippen LogP contribution in [0.4, 0.5) is 0 Å². The zero-order valence-electron chi connectivity index (χ0n) is 5.82. The molecule has 0 radical (unpaired) electrons. The Bertz CT molecular complexity index is 123. The fourth-order valence-electron chi connectivity index (χ4n) is 0.906. The molecule has 0 aliphatic carbocycles. The number of hydrogen-bond acceptors (Lipinski definition) is 4. The van der Waals surface area contributed by atoms with Crippen LogP contribution in [0.3, 0.4) is 0 Å². The molecule has 0 unspecified atom stereocenters. The molecule has 4 heteroatoms. The molecule has 0 bridgehead atoms. The summed E-state index contributed by atoms with van der Waals surface area (Å²) in [5, 5.41) is 27.2. The van der Waals surface area contributed by atoms with Gasteiger partial charge in [-0.1, -0.05) is 0 Å². The summed E-state index contributed by atoms with van der Waals surface area (Å²) in [7, 11) is 0. The lowest BCUT2D eigenvalue weighted by atomic mass is 10.0. The van der Waals surface area contributed by atoms with Crippen LogP contribution >= 0.6 is 0 Å². The van der Waals surface area contributed by atoms with Crippen LogP contribution in [0.5, 0.6) is 0 Å². The normalized spacial score (nSPS) is 49.2. The quantitative estimate of drug-likeness (QED) is 0.405. The Hall–Kier alpha value is -0.160. The maximum atomic E-state index is 9.18. The molecule has 4 nitrogen and oxygen atoms in total. The van der Waals surface area contributed by atoms with E-state index in [1.54, 1.807) is 0 Å². The molecule has 1 saturated heterocycles. The van der Waals surface area contributed by atoms with Gasteiger partial charge in [0.15, 0.2) is 5.79 Å². The molecule has 0 aromatic heterocycles. The lowest BCUT2D eigenvalue weighted by Gasteiger charge is -2.35. The summed E-state index contributed by atoms with van der Waals surface area (Å²) in [5.74, 6) is -1.49. The van der Waals surface area contributed by atoms with Crippen LogP contribution in [0.1, 0.15) is 13.3 Å². The summed E-state index contributed by atoms with van der Waals surface area (Å²) in [6, 6.07) is 0. The zero-order chi connectivity index (χ0) is 7.78. The third kappa shape index (κ3) is 1.46. The van der Waals surface area contributed by atoms with Gasteiger partial charge in [-0.05, 0) is 6.92 Å². The van der Waals surface area contributed by atoms with Crippen molar-refractivity contribution in [3.8, 4) is 0 Å².